The molecule has 2 aliphatic rings. The minimum atomic E-state index is -1.26. The molecule has 1 aliphatic heterocycles. The van der Waals surface area contributed by atoms with E-state index in [4.69, 9.17) is 13.6 Å². The van der Waals surface area contributed by atoms with Crippen molar-refractivity contribution in [1.29, 1.82) is 0 Å². The molecule has 9 heteroatoms. The van der Waals surface area contributed by atoms with E-state index in [9.17, 15) is 18.4 Å². The lowest BCUT2D eigenvalue weighted by Crippen LogP contribution is -2.34. The third-order valence-electron chi connectivity index (χ3n) is 5.95. The Balaban J connectivity index is 1.41. The van der Waals surface area contributed by atoms with Gasteiger partial charge in [0.2, 0.25) is 0 Å². The number of rotatable bonds is 5. The van der Waals surface area contributed by atoms with Crippen molar-refractivity contribution in [2.45, 2.75) is 25.3 Å². The minimum absolute atomic E-state index is 0.121. The van der Waals surface area contributed by atoms with Gasteiger partial charge in [0.05, 0.1) is 18.2 Å². The third kappa shape index (κ3) is 4.05. The van der Waals surface area contributed by atoms with Crippen LogP contribution in [0.2, 0.25) is 0 Å². The lowest BCUT2D eigenvalue weighted by atomic mass is 9.79. The van der Waals surface area contributed by atoms with E-state index in [2.05, 4.69) is 5.10 Å². The van der Waals surface area contributed by atoms with Gasteiger partial charge in [-0.05, 0) is 67.3 Å². The van der Waals surface area contributed by atoms with Crippen molar-refractivity contribution in [1.82, 2.24) is 5.01 Å². The molecule has 1 amide bonds. The first kappa shape index (κ1) is 21.8. The first-order chi connectivity index (χ1) is 16.5. The number of benzene rings is 1. The number of fused-ring (bicyclic) bond motifs is 1. The maximum Gasteiger partial charge on any atom is 0.344 e. The summed E-state index contributed by atoms with van der Waals surface area (Å²) in [5.74, 6) is -2.92. The number of hydrogen-bond acceptors (Lipinski definition) is 6. The van der Waals surface area contributed by atoms with Gasteiger partial charge < -0.3 is 13.6 Å². The fourth-order valence-electron chi connectivity index (χ4n) is 4.45. The largest absolute Gasteiger partial charge is 0.467 e. The van der Waals surface area contributed by atoms with E-state index < -0.39 is 41.7 Å². The highest BCUT2D eigenvalue weighted by molar-refractivity contribution is 6.08. The standard InChI is InChI=1S/C25H20F2N2O5/c26-18-8-2-9-19(27)22(18)25(31)34-14-21(30)29-24(20-10-4-12-33-20)17-7-1-5-15(23(17)28-29)13-16-6-3-11-32-16/h2-4,6,8-13,17,24H,1,5,7,14H2. The van der Waals surface area contributed by atoms with Gasteiger partial charge in [-0.15, -0.1) is 0 Å². The number of esters is 1. The molecule has 1 saturated carbocycles. The molecule has 2 atom stereocenters. The first-order valence-electron chi connectivity index (χ1n) is 10.8. The molecule has 1 aromatic carbocycles. The molecule has 0 N–H and O–H groups in total. The Hall–Kier alpha value is -4.01. The molecule has 2 aromatic heterocycles. The number of hydrogen-bond donors (Lipinski definition) is 0. The topological polar surface area (TPSA) is 85.3 Å². The van der Waals surface area contributed by atoms with Crippen LogP contribution in [0.25, 0.3) is 6.08 Å². The number of halogens is 2. The molecule has 5 rings (SSSR count). The van der Waals surface area contributed by atoms with Gasteiger partial charge in [0, 0.05) is 5.92 Å². The molecule has 0 spiro atoms. The average molecular weight is 466 g/mol. The maximum atomic E-state index is 13.9. The number of carbonyl (C=O) groups excluding carboxylic acids is 2. The van der Waals surface area contributed by atoms with Crippen LogP contribution in [0.15, 0.2) is 74.5 Å². The summed E-state index contributed by atoms with van der Waals surface area (Å²) in [5.41, 5.74) is 0.843. The third-order valence-corrected chi connectivity index (χ3v) is 5.95. The zero-order chi connectivity index (χ0) is 23.7. The van der Waals surface area contributed by atoms with Gasteiger partial charge in [-0.3, -0.25) is 4.79 Å². The molecule has 34 heavy (non-hydrogen) atoms. The highest BCUT2D eigenvalue weighted by Gasteiger charge is 2.45. The van der Waals surface area contributed by atoms with Crippen molar-refractivity contribution in [3.8, 4) is 0 Å². The molecule has 7 nitrogen and oxygen atoms in total. The monoisotopic (exact) mass is 466 g/mol. The SMILES string of the molecule is O=C(OCC(=O)N1N=C2C(=Cc3ccco3)CCCC2C1c1ccco1)c1c(F)cccc1F. The van der Waals surface area contributed by atoms with Gasteiger partial charge in [-0.25, -0.2) is 18.6 Å². The summed E-state index contributed by atoms with van der Waals surface area (Å²) < 4.78 is 43.8. The number of furan rings is 2. The van der Waals surface area contributed by atoms with Crippen LogP contribution >= 0.6 is 0 Å². The average Bonchev–Trinajstić information content (AvgIpc) is 3.58. The Morgan fingerprint density at radius 3 is 2.56 bits per heavy atom. The number of amides is 1. The minimum Gasteiger partial charge on any atom is -0.467 e. The van der Waals surface area contributed by atoms with Gasteiger partial charge in [0.25, 0.3) is 5.91 Å². The highest BCUT2D eigenvalue weighted by Crippen LogP contribution is 2.44. The lowest BCUT2D eigenvalue weighted by Gasteiger charge is -2.27. The van der Waals surface area contributed by atoms with E-state index in [0.717, 1.165) is 48.7 Å². The summed E-state index contributed by atoms with van der Waals surface area (Å²) in [6.45, 7) is -0.732. The smallest absolute Gasteiger partial charge is 0.344 e. The van der Waals surface area contributed by atoms with Gasteiger partial charge in [0.15, 0.2) is 6.61 Å². The van der Waals surface area contributed by atoms with Crippen LogP contribution in [0.5, 0.6) is 0 Å². The second kappa shape index (κ2) is 9.09. The number of ether oxygens (including phenoxy) is 1. The Kier molecular flexibility index (Phi) is 5.83. The Morgan fingerprint density at radius 1 is 1.09 bits per heavy atom. The van der Waals surface area contributed by atoms with E-state index in [1.54, 1.807) is 24.5 Å². The predicted molar refractivity (Wildman–Crippen MR) is 116 cm³/mol. The van der Waals surface area contributed by atoms with Crippen LogP contribution in [-0.4, -0.2) is 29.2 Å². The van der Waals surface area contributed by atoms with Crippen LogP contribution in [0, 0.1) is 17.6 Å². The quantitative estimate of drug-likeness (QED) is 0.487. The van der Waals surface area contributed by atoms with Crippen LogP contribution in [0.3, 0.4) is 0 Å². The van der Waals surface area contributed by atoms with Crippen molar-refractivity contribution in [2.24, 2.45) is 11.0 Å². The number of hydrazone groups is 1. The molecule has 2 unspecified atom stereocenters. The van der Waals surface area contributed by atoms with Crippen LogP contribution in [0.4, 0.5) is 8.78 Å². The molecule has 0 radical (unpaired) electrons. The molecule has 3 heterocycles. The van der Waals surface area contributed by atoms with Crippen LogP contribution in [0.1, 0.15) is 47.2 Å². The van der Waals surface area contributed by atoms with Gasteiger partial charge >= 0.3 is 5.97 Å². The Labute approximate surface area is 193 Å². The summed E-state index contributed by atoms with van der Waals surface area (Å²) in [7, 11) is 0. The van der Waals surface area contributed by atoms with Gasteiger partial charge in [0.1, 0.15) is 34.8 Å². The second-order valence-corrected chi connectivity index (χ2v) is 8.04. The van der Waals surface area contributed by atoms with Crippen LogP contribution in [-0.2, 0) is 9.53 Å². The van der Waals surface area contributed by atoms with Crippen LogP contribution < -0.4 is 0 Å². The van der Waals surface area contributed by atoms with Crippen molar-refractivity contribution < 1.29 is 31.9 Å². The normalized spacial score (nSPS) is 20.8. The summed E-state index contributed by atoms with van der Waals surface area (Å²) in [5, 5.41) is 5.83. The van der Waals surface area contributed by atoms with E-state index in [0.29, 0.717) is 11.5 Å². The second-order valence-electron chi connectivity index (χ2n) is 8.04. The number of carbonyl (C=O) groups is 2. The van der Waals surface area contributed by atoms with Crippen molar-refractivity contribution >= 4 is 23.7 Å². The van der Waals surface area contributed by atoms with E-state index >= 15 is 0 Å². The van der Waals surface area contributed by atoms with E-state index in [1.165, 1.54) is 11.3 Å². The fraction of sp³-hybridized carbons (Fsp3) is 0.240. The van der Waals surface area contributed by atoms with Gasteiger partial charge in [-0.2, -0.15) is 5.10 Å². The highest BCUT2D eigenvalue weighted by atomic mass is 19.1. The van der Waals surface area contributed by atoms with Crippen molar-refractivity contribution in [3.63, 3.8) is 0 Å². The summed E-state index contributed by atoms with van der Waals surface area (Å²) in [6, 6.07) is 9.60. The van der Waals surface area contributed by atoms with E-state index in [-0.39, 0.29) is 5.92 Å². The summed E-state index contributed by atoms with van der Waals surface area (Å²) >= 11 is 0. The summed E-state index contributed by atoms with van der Waals surface area (Å²) in [6.07, 6.45) is 7.43. The maximum absolute atomic E-state index is 13.9. The first-order valence-corrected chi connectivity index (χ1v) is 10.8. The van der Waals surface area contributed by atoms with Gasteiger partial charge in [-0.1, -0.05) is 6.07 Å². The Morgan fingerprint density at radius 2 is 1.85 bits per heavy atom. The lowest BCUT2D eigenvalue weighted by molar-refractivity contribution is -0.137. The summed E-state index contributed by atoms with van der Waals surface area (Å²) in [4.78, 5) is 25.3. The molecule has 174 valence electrons. The molecular weight excluding hydrogens is 446 g/mol. The van der Waals surface area contributed by atoms with Crippen molar-refractivity contribution in [2.75, 3.05) is 6.61 Å². The molecular formula is C25H20F2N2O5. The number of allylic oxidation sites excluding steroid dienone is 1. The zero-order valence-corrected chi connectivity index (χ0v) is 17.9. The Bertz CT molecular complexity index is 1240. The molecule has 0 bridgehead atoms. The molecule has 1 fully saturated rings. The number of nitrogens with zero attached hydrogens (tertiary/aromatic N) is 2. The molecule has 0 saturated heterocycles. The molecule has 3 aromatic rings. The van der Waals surface area contributed by atoms with E-state index in [1.807, 2.05) is 12.1 Å². The zero-order valence-electron chi connectivity index (χ0n) is 17.9. The predicted octanol–water partition coefficient (Wildman–Crippen LogP) is 5.13. The van der Waals surface area contributed by atoms with Crippen molar-refractivity contribution in [3.05, 3.63) is 89.3 Å². The molecule has 1 aliphatic carbocycles. The fourth-order valence-corrected chi connectivity index (χ4v) is 4.45.